The highest BCUT2D eigenvalue weighted by Gasteiger charge is 2.21. The number of carbonyl (C=O) groups is 1. The molecule has 1 atom stereocenters. The molecule has 5 nitrogen and oxygen atoms in total. The first-order chi connectivity index (χ1) is 10.1. The van der Waals surface area contributed by atoms with Crippen LogP contribution in [0.5, 0.6) is 0 Å². The summed E-state index contributed by atoms with van der Waals surface area (Å²) in [5.74, 6) is 0.244. The normalized spacial score (nSPS) is 16.4. The molecule has 2 N–H and O–H groups in total. The Kier molecular flexibility index (Phi) is 11.0. The van der Waals surface area contributed by atoms with Gasteiger partial charge in [0.2, 0.25) is 5.91 Å². The van der Waals surface area contributed by atoms with Gasteiger partial charge < -0.3 is 10.6 Å². The van der Waals surface area contributed by atoms with Crippen LogP contribution in [0.15, 0.2) is 5.38 Å². The summed E-state index contributed by atoms with van der Waals surface area (Å²) in [5.41, 5.74) is 6.87. The van der Waals surface area contributed by atoms with Crippen LogP contribution in [0.3, 0.4) is 0 Å². The van der Waals surface area contributed by atoms with Gasteiger partial charge in [-0.05, 0) is 19.8 Å². The molecular weight excluding hydrogens is 355 g/mol. The van der Waals surface area contributed by atoms with Gasteiger partial charge >= 0.3 is 0 Å². The van der Waals surface area contributed by atoms with E-state index in [1.165, 1.54) is 5.01 Å². The molecule has 1 aliphatic heterocycles. The number of nitrogens with zero attached hydrogens (tertiary/aromatic N) is 3. The molecule has 2 rings (SSSR count). The van der Waals surface area contributed by atoms with Gasteiger partial charge in [-0.25, -0.2) is 4.98 Å². The number of hydrogen-bond donors (Lipinski definition) is 1. The number of aromatic nitrogens is 1. The van der Waals surface area contributed by atoms with Crippen LogP contribution in [-0.4, -0.2) is 52.9 Å². The number of carbonyl (C=O) groups excluding carboxylic acids is 1. The average Bonchev–Trinajstić information content (AvgIpc) is 2.93. The molecule has 8 heteroatoms. The van der Waals surface area contributed by atoms with E-state index in [2.05, 4.69) is 22.2 Å². The summed E-state index contributed by atoms with van der Waals surface area (Å²) >= 11 is 1.74. The van der Waals surface area contributed by atoms with Crippen LogP contribution in [0.1, 0.15) is 37.4 Å². The highest BCUT2D eigenvalue weighted by molar-refractivity contribution is 7.09. The first kappa shape index (κ1) is 22.6. The van der Waals surface area contributed by atoms with Gasteiger partial charge in [0.05, 0.1) is 10.7 Å². The van der Waals surface area contributed by atoms with Gasteiger partial charge in [0.1, 0.15) is 0 Å². The number of amides is 1. The largest absolute Gasteiger partial charge is 0.340 e. The number of piperazine rings is 1. The molecule has 0 aromatic carbocycles. The summed E-state index contributed by atoms with van der Waals surface area (Å²) in [4.78, 5) is 21.0. The van der Waals surface area contributed by atoms with Crippen LogP contribution < -0.4 is 5.73 Å². The van der Waals surface area contributed by atoms with Crippen molar-refractivity contribution in [3.05, 3.63) is 16.1 Å². The van der Waals surface area contributed by atoms with Crippen LogP contribution in [-0.2, 0) is 17.8 Å². The number of halogens is 2. The maximum absolute atomic E-state index is 12.1. The molecule has 1 saturated heterocycles. The lowest BCUT2D eigenvalue weighted by atomic mass is 10.1. The monoisotopic (exact) mass is 382 g/mol. The predicted molar refractivity (Wildman–Crippen MR) is 101 cm³/mol. The van der Waals surface area contributed by atoms with Gasteiger partial charge in [0.25, 0.3) is 0 Å². The first-order valence-corrected chi connectivity index (χ1v) is 8.65. The molecule has 0 spiro atoms. The maximum Gasteiger partial charge on any atom is 0.222 e. The van der Waals surface area contributed by atoms with Crippen molar-refractivity contribution >= 4 is 42.1 Å². The Morgan fingerprint density at radius 2 is 2.00 bits per heavy atom. The zero-order valence-corrected chi connectivity index (χ0v) is 16.3. The zero-order chi connectivity index (χ0) is 15.2. The van der Waals surface area contributed by atoms with Crippen LogP contribution in [0.4, 0.5) is 0 Å². The van der Waals surface area contributed by atoms with Gasteiger partial charge in [-0.2, -0.15) is 0 Å². The summed E-state index contributed by atoms with van der Waals surface area (Å²) in [7, 11) is 0. The Labute approximate surface area is 155 Å². The quantitative estimate of drug-likeness (QED) is 0.819. The van der Waals surface area contributed by atoms with Crippen molar-refractivity contribution in [2.45, 2.75) is 45.7 Å². The Balaban J connectivity index is 0.00000242. The number of aryl methyl sites for hydroxylation is 1. The van der Waals surface area contributed by atoms with E-state index in [4.69, 9.17) is 5.73 Å². The Hall–Kier alpha value is -0.400. The fourth-order valence-corrected chi connectivity index (χ4v) is 3.21. The Bertz CT molecular complexity index is 462. The third kappa shape index (κ3) is 7.35. The van der Waals surface area contributed by atoms with E-state index in [9.17, 15) is 4.79 Å². The van der Waals surface area contributed by atoms with Crippen molar-refractivity contribution in [2.75, 3.05) is 26.2 Å². The van der Waals surface area contributed by atoms with Crippen molar-refractivity contribution in [1.82, 2.24) is 14.8 Å². The summed E-state index contributed by atoms with van der Waals surface area (Å²) in [6.07, 6.45) is 2.35. The van der Waals surface area contributed by atoms with E-state index in [-0.39, 0.29) is 36.8 Å². The van der Waals surface area contributed by atoms with Crippen molar-refractivity contribution in [2.24, 2.45) is 5.73 Å². The standard InChI is InChI=1S/C15H26N4OS.2ClH/c1-3-14-17-13(11-21-14)10-18-6-8-19(9-7-18)15(20)5-4-12(2)16;;/h11-12H,3-10,16H2,1-2H3;2*1H. The molecule has 134 valence electrons. The van der Waals surface area contributed by atoms with Crippen molar-refractivity contribution in [1.29, 1.82) is 0 Å². The summed E-state index contributed by atoms with van der Waals surface area (Å²) in [5, 5.41) is 3.36. The smallest absolute Gasteiger partial charge is 0.222 e. The summed E-state index contributed by atoms with van der Waals surface area (Å²) in [6, 6.07) is 0.104. The highest BCUT2D eigenvalue weighted by Crippen LogP contribution is 2.14. The van der Waals surface area contributed by atoms with Gasteiger partial charge in [0.15, 0.2) is 0 Å². The zero-order valence-electron chi connectivity index (χ0n) is 13.9. The molecule has 1 aliphatic rings. The van der Waals surface area contributed by atoms with Crippen molar-refractivity contribution < 1.29 is 4.79 Å². The molecular formula is C15H28Cl2N4OS. The predicted octanol–water partition coefficient (Wildman–Crippen LogP) is 2.32. The minimum Gasteiger partial charge on any atom is -0.340 e. The van der Waals surface area contributed by atoms with Crippen molar-refractivity contribution in [3.8, 4) is 0 Å². The minimum absolute atomic E-state index is 0. The third-order valence-corrected chi connectivity index (χ3v) is 4.87. The summed E-state index contributed by atoms with van der Waals surface area (Å²) in [6.45, 7) is 8.49. The van der Waals surface area contributed by atoms with E-state index >= 15 is 0 Å². The van der Waals surface area contributed by atoms with Gasteiger partial charge in [0, 0.05) is 50.6 Å². The number of nitrogens with two attached hydrogens (primary N) is 1. The number of hydrogen-bond acceptors (Lipinski definition) is 5. The lowest BCUT2D eigenvalue weighted by molar-refractivity contribution is -0.133. The molecule has 0 bridgehead atoms. The topological polar surface area (TPSA) is 62.5 Å². The number of rotatable bonds is 6. The second kappa shape index (κ2) is 11.2. The molecule has 1 aromatic heterocycles. The molecule has 1 fully saturated rings. The Morgan fingerprint density at radius 3 is 2.52 bits per heavy atom. The molecule has 23 heavy (non-hydrogen) atoms. The van der Waals surface area contributed by atoms with Gasteiger partial charge in [-0.3, -0.25) is 9.69 Å². The summed E-state index contributed by atoms with van der Waals surface area (Å²) < 4.78 is 0. The van der Waals surface area contributed by atoms with Gasteiger partial charge in [-0.1, -0.05) is 6.92 Å². The molecule has 0 radical (unpaired) electrons. The van der Waals surface area contributed by atoms with Gasteiger partial charge in [-0.15, -0.1) is 36.2 Å². The molecule has 0 saturated carbocycles. The Morgan fingerprint density at radius 1 is 1.35 bits per heavy atom. The molecule has 1 amide bonds. The second-order valence-corrected chi connectivity index (χ2v) is 6.70. The van der Waals surface area contributed by atoms with E-state index < -0.39 is 0 Å². The SMILES string of the molecule is CCc1nc(CN2CCN(C(=O)CCC(C)N)CC2)cs1.Cl.Cl. The first-order valence-electron chi connectivity index (χ1n) is 7.77. The highest BCUT2D eigenvalue weighted by atomic mass is 35.5. The lowest BCUT2D eigenvalue weighted by Crippen LogP contribution is -2.48. The number of thiazole rings is 1. The average molecular weight is 383 g/mol. The fourth-order valence-electron chi connectivity index (χ4n) is 2.48. The molecule has 1 unspecified atom stereocenters. The van der Waals surface area contributed by atoms with Crippen LogP contribution in [0.25, 0.3) is 0 Å². The fraction of sp³-hybridized carbons (Fsp3) is 0.733. The van der Waals surface area contributed by atoms with E-state index in [0.717, 1.165) is 51.3 Å². The van der Waals surface area contributed by atoms with E-state index in [1.54, 1.807) is 11.3 Å². The minimum atomic E-state index is 0. The lowest BCUT2D eigenvalue weighted by Gasteiger charge is -2.34. The van der Waals surface area contributed by atoms with Crippen LogP contribution >= 0.6 is 36.2 Å². The molecule has 1 aromatic rings. The molecule has 0 aliphatic carbocycles. The maximum atomic E-state index is 12.1. The second-order valence-electron chi connectivity index (χ2n) is 5.76. The van der Waals surface area contributed by atoms with E-state index in [1.807, 2.05) is 11.8 Å². The third-order valence-electron chi connectivity index (χ3n) is 3.83. The van der Waals surface area contributed by atoms with Crippen LogP contribution in [0, 0.1) is 0 Å². The molecule has 2 heterocycles. The van der Waals surface area contributed by atoms with Crippen molar-refractivity contribution in [3.63, 3.8) is 0 Å². The van der Waals surface area contributed by atoms with E-state index in [0.29, 0.717) is 6.42 Å². The van der Waals surface area contributed by atoms with Crippen LogP contribution in [0.2, 0.25) is 0 Å².